The average molecular weight is 381 g/mol. The number of fused-ring (bicyclic) bond motifs is 1. The van der Waals surface area contributed by atoms with Crippen molar-refractivity contribution in [3.8, 4) is 6.07 Å². The van der Waals surface area contributed by atoms with Gasteiger partial charge in [0.1, 0.15) is 17.5 Å². The van der Waals surface area contributed by atoms with Gasteiger partial charge >= 0.3 is 0 Å². The van der Waals surface area contributed by atoms with E-state index >= 15 is 0 Å². The molecular weight excluding hydrogens is 364 g/mol. The third kappa shape index (κ3) is 3.62. The average Bonchev–Trinajstić information content (AvgIpc) is 3.16. The van der Waals surface area contributed by atoms with Crippen molar-refractivity contribution in [1.82, 2.24) is 19.4 Å². The summed E-state index contributed by atoms with van der Waals surface area (Å²) in [5, 5.41) is 9.04. The monoisotopic (exact) mass is 380 g/mol. The number of ketones is 1. The van der Waals surface area contributed by atoms with Gasteiger partial charge in [0, 0.05) is 43.7 Å². The second kappa shape index (κ2) is 7.33. The van der Waals surface area contributed by atoms with Crippen LogP contribution < -0.4 is 4.90 Å². The van der Waals surface area contributed by atoms with E-state index < -0.39 is 0 Å². The molecule has 1 fully saturated rings. The SMILES string of the molecule is N#Cc1ncc(N2CCC[C@@H](CC(=O)c3ccc4nccn4c3)C2)nc1Cl. The highest BCUT2D eigenvalue weighted by Crippen LogP contribution is 2.26. The summed E-state index contributed by atoms with van der Waals surface area (Å²) in [7, 11) is 0. The molecule has 0 aliphatic carbocycles. The summed E-state index contributed by atoms with van der Waals surface area (Å²) in [5.74, 6) is 1.01. The molecule has 4 heterocycles. The summed E-state index contributed by atoms with van der Waals surface area (Å²) in [6.45, 7) is 1.55. The number of hydrogen-bond donors (Lipinski definition) is 0. The van der Waals surface area contributed by atoms with Gasteiger partial charge in [0.25, 0.3) is 0 Å². The fourth-order valence-corrected chi connectivity index (χ4v) is 3.67. The zero-order chi connectivity index (χ0) is 18.8. The van der Waals surface area contributed by atoms with Crippen molar-refractivity contribution >= 4 is 28.8 Å². The number of rotatable bonds is 4. The first-order chi connectivity index (χ1) is 13.1. The predicted octanol–water partition coefficient (Wildman–Crippen LogP) is 3.14. The number of piperidine rings is 1. The number of imidazole rings is 1. The molecule has 27 heavy (non-hydrogen) atoms. The van der Waals surface area contributed by atoms with Crippen LogP contribution in [0.25, 0.3) is 5.65 Å². The molecule has 0 spiro atoms. The summed E-state index contributed by atoms with van der Waals surface area (Å²) in [5.41, 5.74) is 1.64. The van der Waals surface area contributed by atoms with Gasteiger partial charge in [-0.05, 0) is 30.9 Å². The summed E-state index contributed by atoms with van der Waals surface area (Å²) >= 11 is 6.00. The van der Waals surface area contributed by atoms with E-state index in [0.717, 1.165) is 31.6 Å². The van der Waals surface area contributed by atoms with E-state index in [1.807, 2.05) is 35.0 Å². The van der Waals surface area contributed by atoms with E-state index in [0.29, 0.717) is 17.8 Å². The maximum atomic E-state index is 12.7. The Bertz CT molecular complexity index is 1040. The molecule has 0 amide bonds. The number of Topliss-reactive ketones (excluding diaryl/α,β-unsaturated/α-hetero) is 1. The molecule has 7 nitrogen and oxygen atoms in total. The van der Waals surface area contributed by atoms with E-state index in [1.165, 1.54) is 0 Å². The Morgan fingerprint density at radius 3 is 3.07 bits per heavy atom. The van der Waals surface area contributed by atoms with E-state index in [-0.39, 0.29) is 22.5 Å². The van der Waals surface area contributed by atoms with Gasteiger partial charge < -0.3 is 9.30 Å². The number of anilines is 1. The van der Waals surface area contributed by atoms with Crippen LogP contribution in [0.1, 0.15) is 35.3 Å². The normalized spacial score (nSPS) is 17.0. The Morgan fingerprint density at radius 2 is 2.26 bits per heavy atom. The lowest BCUT2D eigenvalue weighted by molar-refractivity contribution is 0.0956. The molecule has 3 aromatic rings. The van der Waals surface area contributed by atoms with Crippen LogP contribution in [-0.4, -0.2) is 38.2 Å². The Morgan fingerprint density at radius 1 is 1.37 bits per heavy atom. The zero-order valence-electron chi connectivity index (χ0n) is 14.5. The van der Waals surface area contributed by atoms with Crippen molar-refractivity contribution in [3.05, 3.63) is 53.3 Å². The van der Waals surface area contributed by atoms with Gasteiger partial charge in [0.15, 0.2) is 16.6 Å². The Labute approximate surface area is 161 Å². The van der Waals surface area contributed by atoms with Crippen LogP contribution in [0.4, 0.5) is 5.82 Å². The van der Waals surface area contributed by atoms with Crippen LogP contribution in [0.5, 0.6) is 0 Å². The first-order valence-electron chi connectivity index (χ1n) is 8.77. The Hall–Kier alpha value is -2.98. The van der Waals surface area contributed by atoms with Crippen molar-refractivity contribution in [3.63, 3.8) is 0 Å². The van der Waals surface area contributed by atoms with E-state index in [1.54, 1.807) is 12.4 Å². The third-order valence-electron chi connectivity index (χ3n) is 4.85. The number of halogens is 1. The molecule has 0 aromatic carbocycles. The number of carbonyl (C=O) groups is 1. The maximum Gasteiger partial charge on any atom is 0.178 e. The van der Waals surface area contributed by atoms with Gasteiger partial charge in [-0.15, -0.1) is 0 Å². The van der Waals surface area contributed by atoms with Crippen LogP contribution in [-0.2, 0) is 0 Å². The lowest BCUT2D eigenvalue weighted by Crippen LogP contribution is -2.37. The summed E-state index contributed by atoms with van der Waals surface area (Å²) in [6.07, 6.45) is 9.39. The van der Waals surface area contributed by atoms with Crippen LogP contribution in [0.3, 0.4) is 0 Å². The fourth-order valence-electron chi connectivity index (χ4n) is 3.49. The molecule has 0 radical (unpaired) electrons. The number of hydrogen-bond acceptors (Lipinski definition) is 6. The molecule has 0 saturated carbocycles. The minimum absolute atomic E-state index is 0.113. The van der Waals surface area contributed by atoms with Gasteiger partial charge in [-0.2, -0.15) is 5.26 Å². The highest BCUT2D eigenvalue weighted by Gasteiger charge is 2.24. The van der Waals surface area contributed by atoms with Gasteiger partial charge in [-0.1, -0.05) is 11.6 Å². The second-order valence-electron chi connectivity index (χ2n) is 6.67. The minimum Gasteiger partial charge on any atom is -0.355 e. The van der Waals surface area contributed by atoms with Gasteiger partial charge in [-0.3, -0.25) is 4.79 Å². The van der Waals surface area contributed by atoms with Crippen molar-refractivity contribution in [2.24, 2.45) is 5.92 Å². The molecular formula is C19H17ClN6O. The van der Waals surface area contributed by atoms with Crippen molar-refractivity contribution in [2.45, 2.75) is 19.3 Å². The number of carbonyl (C=O) groups excluding carboxylic acids is 1. The number of aromatic nitrogens is 4. The lowest BCUT2D eigenvalue weighted by atomic mass is 9.91. The number of nitrogens with zero attached hydrogens (tertiary/aromatic N) is 6. The van der Waals surface area contributed by atoms with Crippen LogP contribution >= 0.6 is 11.6 Å². The van der Waals surface area contributed by atoms with Crippen molar-refractivity contribution in [1.29, 1.82) is 5.26 Å². The topological polar surface area (TPSA) is 87.2 Å². The predicted molar refractivity (Wildman–Crippen MR) is 101 cm³/mol. The fraction of sp³-hybridized carbons (Fsp3) is 0.316. The lowest BCUT2D eigenvalue weighted by Gasteiger charge is -2.33. The van der Waals surface area contributed by atoms with E-state index in [9.17, 15) is 4.79 Å². The third-order valence-corrected chi connectivity index (χ3v) is 5.11. The number of nitriles is 1. The van der Waals surface area contributed by atoms with E-state index in [2.05, 4.69) is 19.9 Å². The maximum absolute atomic E-state index is 12.7. The largest absolute Gasteiger partial charge is 0.355 e. The van der Waals surface area contributed by atoms with Crippen molar-refractivity contribution < 1.29 is 4.79 Å². The molecule has 1 aliphatic rings. The van der Waals surface area contributed by atoms with Crippen LogP contribution in [0.15, 0.2) is 36.9 Å². The molecule has 1 aliphatic heterocycles. The first-order valence-corrected chi connectivity index (χ1v) is 9.15. The molecule has 0 unspecified atom stereocenters. The molecule has 0 bridgehead atoms. The van der Waals surface area contributed by atoms with Crippen molar-refractivity contribution in [2.75, 3.05) is 18.0 Å². The van der Waals surface area contributed by atoms with E-state index in [4.69, 9.17) is 16.9 Å². The molecule has 1 saturated heterocycles. The summed E-state index contributed by atoms with van der Waals surface area (Å²) in [4.78, 5) is 27.3. The van der Waals surface area contributed by atoms with Crippen LogP contribution in [0, 0.1) is 17.2 Å². The second-order valence-corrected chi connectivity index (χ2v) is 7.03. The summed E-state index contributed by atoms with van der Waals surface area (Å²) < 4.78 is 1.86. The van der Waals surface area contributed by atoms with Gasteiger partial charge in [0.05, 0.1) is 6.20 Å². The minimum atomic E-state index is 0.113. The molecule has 1 atom stereocenters. The number of pyridine rings is 1. The first kappa shape index (κ1) is 17.4. The van der Waals surface area contributed by atoms with Crippen LogP contribution in [0.2, 0.25) is 5.15 Å². The highest BCUT2D eigenvalue weighted by molar-refractivity contribution is 6.30. The standard InChI is InChI=1S/C19H17ClN6O/c20-19-15(9-21)23-10-18(24-19)25-6-1-2-13(11-25)8-16(27)14-3-4-17-22-5-7-26(17)12-14/h3-5,7,10,12-13H,1-2,6,8,11H2/t13-/m0/s1. The molecule has 0 N–H and O–H groups in total. The molecule has 136 valence electrons. The smallest absolute Gasteiger partial charge is 0.178 e. The molecule has 8 heteroatoms. The quantitative estimate of drug-likeness (QED) is 0.646. The zero-order valence-corrected chi connectivity index (χ0v) is 15.3. The van der Waals surface area contributed by atoms with Gasteiger partial charge in [0.2, 0.25) is 0 Å². The summed E-state index contributed by atoms with van der Waals surface area (Å²) in [6, 6.07) is 5.60. The Kier molecular flexibility index (Phi) is 4.73. The molecule has 3 aromatic heterocycles. The highest BCUT2D eigenvalue weighted by atomic mass is 35.5. The van der Waals surface area contributed by atoms with Gasteiger partial charge in [-0.25, -0.2) is 15.0 Å². The molecule has 4 rings (SSSR count). The Balaban J connectivity index is 1.45.